The van der Waals surface area contributed by atoms with Crippen molar-refractivity contribution >= 4 is 27.6 Å². The summed E-state index contributed by atoms with van der Waals surface area (Å²) >= 11 is 5.83. The van der Waals surface area contributed by atoms with Crippen molar-refractivity contribution in [3.05, 3.63) is 47.3 Å². The van der Waals surface area contributed by atoms with Crippen LogP contribution < -0.4 is 14.2 Å². The summed E-state index contributed by atoms with van der Waals surface area (Å²) in [6, 6.07) is 4.87. The molecule has 11 nitrogen and oxygen atoms in total. The fourth-order valence-corrected chi connectivity index (χ4v) is 4.66. The third-order valence-corrected chi connectivity index (χ3v) is 7.13. The van der Waals surface area contributed by atoms with Crippen LogP contribution in [-0.2, 0) is 21.2 Å². The van der Waals surface area contributed by atoms with E-state index in [-0.39, 0.29) is 46.2 Å². The van der Waals surface area contributed by atoms with Gasteiger partial charge in [0.05, 0.1) is 19.2 Å². The maximum atomic E-state index is 13.4. The Hall–Kier alpha value is -3.10. The zero-order valence-corrected chi connectivity index (χ0v) is 21.4. The highest BCUT2D eigenvalue weighted by molar-refractivity contribution is 7.93. The van der Waals surface area contributed by atoms with E-state index in [1.165, 1.54) is 45.2 Å². The van der Waals surface area contributed by atoms with Gasteiger partial charge >= 0.3 is 0 Å². The van der Waals surface area contributed by atoms with Crippen molar-refractivity contribution in [2.24, 2.45) is 0 Å². The average Bonchev–Trinajstić information content (AvgIpc) is 3.24. The van der Waals surface area contributed by atoms with Gasteiger partial charge in [-0.05, 0) is 19.1 Å². The molecule has 0 saturated carbocycles. The summed E-state index contributed by atoms with van der Waals surface area (Å²) < 4.78 is 72.6. The predicted molar refractivity (Wildman–Crippen MR) is 128 cm³/mol. The first-order chi connectivity index (χ1) is 17.1. The monoisotopic (exact) mass is 546 g/mol. The maximum absolute atomic E-state index is 13.4. The number of benzene rings is 1. The Labute approximate surface area is 211 Å². The number of anilines is 1. The smallest absolute Gasteiger partial charge is 0.243 e. The highest BCUT2D eigenvalue weighted by Gasteiger charge is 2.35. The fourth-order valence-electron chi connectivity index (χ4n) is 3.43. The Kier molecular flexibility index (Phi) is 8.98. The minimum Gasteiger partial charge on any atom is -0.494 e. The quantitative estimate of drug-likeness (QED) is 0.363. The molecule has 0 aliphatic heterocycles. The van der Waals surface area contributed by atoms with Crippen molar-refractivity contribution in [3.63, 3.8) is 0 Å². The summed E-state index contributed by atoms with van der Waals surface area (Å²) in [6.45, 7) is 1.40. The molecule has 2 unspecified atom stereocenters. The van der Waals surface area contributed by atoms with Crippen LogP contribution >= 0.6 is 11.6 Å². The first kappa shape index (κ1) is 27.5. The lowest BCUT2D eigenvalue weighted by Crippen LogP contribution is -2.33. The second kappa shape index (κ2) is 11.8. The van der Waals surface area contributed by atoms with E-state index in [9.17, 15) is 17.2 Å². The van der Waals surface area contributed by atoms with Gasteiger partial charge in [0.2, 0.25) is 22.4 Å². The molecule has 2 heterocycles. The van der Waals surface area contributed by atoms with Crippen molar-refractivity contribution in [1.29, 1.82) is 0 Å². The number of nitrogens with zero attached hydrogens (tertiary/aromatic N) is 5. The van der Waals surface area contributed by atoms with Gasteiger partial charge in [0.1, 0.15) is 34.4 Å². The molecule has 1 N–H and O–H groups in total. The highest BCUT2D eigenvalue weighted by atomic mass is 35.5. The SMILES string of the molecule is COc1cccc(OC)c1-n1c(CCC(F)F)nnc1NS(=O)(=O)C(C)C(OC)c1ncc(Cl)cn1. The Bertz CT molecular complexity index is 1250. The van der Waals surface area contributed by atoms with Gasteiger partial charge in [-0.3, -0.25) is 9.29 Å². The molecule has 3 rings (SSSR count). The number of para-hydroxylation sites is 1. The molecule has 196 valence electrons. The maximum Gasteiger partial charge on any atom is 0.243 e. The van der Waals surface area contributed by atoms with Gasteiger partial charge < -0.3 is 14.2 Å². The zero-order chi connectivity index (χ0) is 26.5. The largest absolute Gasteiger partial charge is 0.494 e. The van der Waals surface area contributed by atoms with Crippen molar-refractivity contribution < 1.29 is 31.4 Å². The number of ether oxygens (including phenoxy) is 3. The summed E-state index contributed by atoms with van der Waals surface area (Å²) in [5, 5.41) is 6.96. The van der Waals surface area contributed by atoms with Gasteiger partial charge in [-0.25, -0.2) is 27.2 Å². The summed E-state index contributed by atoms with van der Waals surface area (Å²) in [5.74, 6) is 0.495. The molecule has 0 amide bonds. The Morgan fingerprint density at radius 2 is 1.69 bits per heavy atom. The summed E-state index contributed by atoms with van der Waals surface area (Å²) in [5.41, 5.74) is 0.242. The second-order valence-electron chi connectivity index (χ2n) is 7.48. The Morgan fingerprint density at radius 3 is 2.22 bits per heavy atom. The molecule has 0 fully saturated rings. The summed E-state index contributed by atoms with van der Waals surface area (Å²) in [7, 11) is -0.0820. The molecular weight excluding hydrogens is 522 g/mol. The van der Waals surface area contributed by atoms with Gasteiger partial charge in [0, 0.05) is 32.3 Å². The number of aromatic nitrogens is 5. The molecule has 0 spiro atoms. The van der Waals surface area contributed by atoms with E-state index >= 15 is 0 Å². The Morgan fingerprint density at radius 1 is 1.08 bits per heavy atom. The first-order valence-corrected chi connectivity index (χ1v) is 12.5. The van der Waals surface area contributed by atoms with E-state index < -0.39 is 34.2 Å². The standard InChI is InChI=1S/C21H25ClF2N6O5S/c1-12(19(35-4)20-25-10-13(22)11-26-20)36(31,32)29-21-28-27-17(9-8-16(23)24)30(21)18-14(33-2)6-5-7-15(18)34-3/h5-7,10-12,16,19H,8-9H2,1-4H3,(H,28,29). The molecule has 0 aliphatic carbocycles. The van der Waals surface area contributed by atoms with Crippen LogP contribution in [0.25, 0.3) is 5.69 Å². The van der Waals surface area contributed by atoms with Crippen LogP contribution in [0.1, 0.15) is 31.1 Å². The van der Waals surface area contributed by atoms with Crippen LogP contribution in [0.3, 0.4) is 0 Å². The third-order valence-electron chi connectivity index (χ3n) is 5.24. The van der Waals surface area contributed by atoms with Gasteiger partial charge in [-0.15, -0.1) is 10.2 Å². The fraction of sp³-hybridized carbons (Fsp3) is 0.429. The number of halogens is 3. The first-order valence-electron chi connectivity index (χ1n) is 10.6. The van der Waals surface area contributed by atoms with E-state index in [2.05, 4.69) is 24.9 Å². The zero-order valence-electron chi connectivity index (χ0n) is 19.9. The van der Waals surface area contributed by atoms with Crippen molar-refractivity contribution in [3.8, 4) is 17.2 Å². The Balaban J connectivity index is 2.06. The molecule has 0 aliphatic rings. The summed E-state index contributed by atoms with van der Waals surface area (Å²) in [4.78, 5) is 8.10. The minimum atomic E-state index is -4.21. The van der Waals surface area contributed by atoms with Gasteiger partial charge in [-0.2, -0.15) is 0 Å². The number of alkyl halides is 2. The van der Waals surface area contributed by atoms with Crippen LogP contribution in [0.4, 0.5) is 14.7 Å². The number of methoxy groups -OCH3 is 3. The van der Waals surface area contributed by atoms with Crippen molar-refractivity contribution in [2.45, 2.75) is 37.5 Å². The van der Waals surface area contributed by atoms with E-state index in [0.29, 0.717) is 0 Å². The van der Waals surface area contributed by atoms with Crippen LogP contribution in [0.2, 0.25) is 5.02 Å². The summed E-state index contributed by atoms with van der Waals surface area (Å²) in [6.07, 6.45) is -1.72. The predicted octanol–water partition coefficient (Wildman–Crippen LogP) is 3.44. The molecule has 36 heavy (non-hydrogen) atoms. The second-order valence-corrected chi connectivity index (χ2v) is 9.96. The lowest BCUT2D eigenvalue weighted by Gasteiger charge is -2.22. The minimum absolute atomic E-state index is 0.0766. The number of sulfonamides is 1. The number of aryl methyl sites for hydroxylation is 1. The number of hydrogen-bond donors (Lipinski definition) is 1. The van der Waals surface area contributed by atoms with Crippen LogP contribution in [0.5, 0.6) is 11.5 Å². The van der Waals surface area contributed by atoms with Gasteiger partial charge in [0.15, 0.2) is 5.82 Å². The molecule has 3 aromatic rings. The van der Waals surface area contributed by atoms with Gasteiger partial charge in [0.25, 0.3) is 0 Å². The van der Waals surface area contributed by atoms with E-state index in [0.717, 1.165) is 0 Å². The van der Waals surface area contributed by atoms with Crippen LogP contribution in [0, 0.1) is 0 Å². The number of rotatable bonds is 12. The molecule has 0 radical (unpaired) electrons. The van der Waals surface area contributed by atoms with Crippen LogP contribution in [-0.4, -0.2) is 66.2 Å². The molecule has 2 atom stereocenters. The third kappa shape index (κ3) is 5.99. The molecular formula is C21H25ClF2N6O5S. The highest BCUT2D eigenvalue weighted by Crippen LogP contribution is 2.36. The van der Waals surface area contributed by atoms with Gasteiger partial charge in [-0.1, -0.05) is 17.7 Å². The van der Waals surface area contributed by atoms with Crippen molar-refractivity contribution in [1.82, 2.24) is 24.7 Å². The topological polar surface area (TPSA) is 130 Å². The average molecular weight is 547 g/mol. The van der Waals surface area contributed by atoms with Crippen molar-refractivity contribution in [2.75, 3.05) is 26.1 Å². The van der Waals surface area contributed by atoms with E-state index in [1.807, 2.05) is 0 Å². The van der Waals surface area contributed by atoms with Crippen LogP contribution in [0.15, 0.2) is 30.6 Å². The lowest BCUT2D eigenvalue weighted by atomic mass is 10.2. The molecule has 0 saturated heterocycles. The molecule has 0 bridgehead atoms. The van der Waals surface area contributed by atoms with E-state index in [1.54, 1.807) is 18.2 Å². The number of hydrogen-bond acceptors (Lipinski definition) is 9. The molecule has 1 aromatic carbocycles. The lowest BCUT2D eigenvalue weighted by molar-refractivity contribution is 0.0950. The number of nitrogens with one attached hydrogen (secondary N) is 1. The molecule has 2 aromatic heterocycles. The normalized spacial score (nSPS) is 13.4. The van der Waals surface area contributed by atoms with E-state index in [4.69, 9.17) is 25.8 Å². The molecule has 15 heteroatoms.